The van der Waals surface area contributed by atoms with Gasteiger partial charge in [0.05, 0.1) is 13.2 Å². The maximum atomic E-state index is 12.4. The summed E-state index contributed by atoms with van der Waals surface area (Å²) >= 11 is 0. The molecule has 0 radical (unpaired) electrons. The third-order valence-electron chi connectivity index (χ3n) is 3.78. The molecule has 0 spiro atoms. The number of carbonyl (C=O) groups excluding carboxylic acids is 1. The van der Waals surface area contributed by atoms with Gasteiger partial charge in [0.25, 0.3) is 11.5 Å². The number of anilines is 3. The summed E-state index contributed by atoms with van der Waals surface area (Å²) in [6.45, 7) is 4.14. The third-order valence-corrected chi connectivity index (χ3v) is 3.78. The Balaban J connectivity index is 1.92. The van der Waals surface area contributed by atoms with E-state index in [4.69, 9.17) is 10.5 Å². The van der Waals surface area contributed by atoms with Crippen molar-refractivity contribution in [3.63, 3.8) is 0 Å². The van der Waals surface area contributed by atoms with Crippen LogP contribution in [0.15, 0.2) is 29.1 Å². The summed E-state index contributed by atoms with van der Waals surface area (Å²) in [6.07, 6.45) is 0. The summed E-state index contributed by atoms with van der Waals surface area (Å²) < 4.78 is 5.31. The smallest absolute Gasteiger partial charge is 0.278 e. The van der Waals surface area contributed by atoms with E-state index in [1.165, 1.54) is 0 Å². The second-order valence-electron chi connectivity index (χ2n) is 5.57. The van der Waals surface area contributed by atoms with Crippen LogP contribution < -0.4 is 21.5 Å². The second kappa shape index (κ2) is 6.71. The molecule has 1 aliphatic heterocycles. The van der Waals surface area contributed by atoms with Crippen LogP contribution in [0.4, 0.5) is 17.5 Å². The van der Waals surface area contributed by atoms with Crippen LogP contribution in [0.1, 0.15) is 15.9 Å². The fourth-order valence-corrected chi connectivity index (χ4v) is 2.49. The van der Waals surface area contributed by atoms with Gasteiger partial charge in [0, 0.05) is 18.7 Å². The lowest BCUT2D eigenvalue weighted by molar-refractivity contribution is 0.102. The number of aromatic nitrogens is 2. The van der Waals surface area contributed by atoms with Gasteiger partial charge in [0.15, 0.2) is 11.5 Å². The summed E-state index contributed by atoms with van der Waals surface area (Å²) in [7, 11) is 0. The van der Waals surface area contributed by atoms with Gasteiger partial charge in [-0.25, -0.2) is 0 Å². The molecule has 126 valence electrons. The van der Waals surface area contributed by atoms with Gasteiger partial charge in [-0.05, 0) is 19.1 Å². The molecule has 24 heavy (non-hydrogen) atoms. The Bertz CT molecular complexity index is 794. The van der Waals surface area contributed by atoms with E-state index in [1.54, 1.807) is 12.1 Å². The summed E-state index contributed by atoms with van der Waals surface area (Å²) in [4.78, 5) is 33.2. The fourth-order valence-electron chi connectivity index (χ4n) is 2.49. The Morgan fingerprint density at radius 2 is 1.96 bits per heavy atom. The third kappa shape index (κ3) is 3.38. The minimum atomic E-state index is -0.482. The number of hydrogen-bond donors (Lipinski definition) is 3. The Morgan fingerprint density at radius 3 is 2.62 bits per heavy atom. The predicted octanol–water partition coefficient (Wildman–Crippen LogP) is 0.749. The average Bonchev–Trinajstić information content (AvgIpc) is 2.58. The minimum Gasteiger partial charge on any atom is -0.378 e. The van der Waals surface area contributed by atoms with Gasteiger partial charge in [-0.2, -0.15) is 4.98 Å². The zero-order valence-electron chi connectivity index (χ0n) is 13.3. The number of benzene rings is 1. The van der Waals surface area contributed by atoms with E-state index in [0.717, 1.165) is 5.56 Å². The van der Waals surface area contributed by atoms with Crippen LogP contribution in [0.3, 0.4) is 0 Å². The molecule has 3 rings (SSSR count). The molecule has 1 aliphatic rings. The van der Waals surface area contributed by atoms with Crippen molar-refractivity contribution in [1.29, 1.82) is 0 Å². The van der Waals surface area contributed by atoms with Crippen molar-refractivity contribution >= 4 is 23.4 Å². The van der Waals surface area contributed by atoms with E-state index in [1.807, 2.05) is 24.0 Å². The van der Waals surface area contributed by atoms with E-state index in [2.05, 4.69) is 15.3 Å². The van der Waals surface area contributed by atoms with Crippen LogP contribution in [0, 0.1) is 6.92 Å². The van der Waals surface area contributed by atoms with Crippen molar-refractivity contribution in [3.05, 3.63) is 45.7 Å². The zero-order chi connectivity index (χ0) is 17.1. The number of aryl methyl sites for hydroxylation is 1. The Hall–Kier alpha value is -2.87. The molecular formula is C16H19N5O3. The van der Waals surface area contributed by atoms with Crippen molar-refractivity contribution < 1.29 is 9.53 Å². The maximum absolute atomic E-state index is 12.4. The number of amides is 1. The number of hydrogen-bond acceptors (Lipinski definition) is 6. The number of nitrogens with one attached hydrogen (secondary N) is 2. The first-order valence-electron chi connectivity index (χ1n) is 7.65. The van der Waals surface area contributed by atoms with Crippen LogP contribution in [0.25, 0.3) is 0 Å². The van der Waals surface area contributed by atoms with Gasteiger partial charge in [-0.15, -0.1) is 0 Å². The highest BCUT2D eigenvalue weighted by atomic mass is 16.5. The molecule has 1 fully saturated rings. The first kappa shape index (κ1) is 16.0. The topological polar surface area (TPSA) is 113 Å². The molecule has 2 heterocycles. The van der Waals surface area contributed by atoms with Crippen LogP contribution in [-0.4, -0.2) is 42.2 Å². The van der Waals surface area contributed by atoms with Crippen molar-refractivity contribution in [2.24, 2.45) is 0 Å². The van der Waals surface area contributed by atoms with Gasteiger partial charge < -0.3 is 20.7 Å². The Labute approximate surface area is 138 Å². The van der Waals surface area contributed by atoms with Crippen LogP contribution in [-0.2, 0) is 4.74 Å². The summed E-state index contributed by atoms with van der Waals surface area (Å²) in [5, 5.41) is 2.66. The molecule has 0 bridgehead atoms. The molecule has 0 unspecified atom stereocenters. The molecule has 1 amide bonds. The normalized spacial score (nSPS) is 14.5. The highest BCUT2D eigenvalue weighted by Gasteiger charge is 2.21. The maximum Gasteiger partial charge on any atom is 0.278 e. The largest absolute Gasteiger partial charge is 0.378 e. The van der Waals surface area contributed by atoms with Crippen molar-refractivity contribution in [3.8, 4) is 0 Å². The van der Waals surface area contributed by atoms with Crippen molar-refractivity contribution in [2.45, 2.75) is 6.92 Å². The summed E-state index contributed by atoms with van der Waals surface area (Å²) in [6, 6.07) is 7.09. The first-order valence-corrected chi connectivity index (χ1v) is 7.65. The molecule has 1 saturated heterocycles. The van der Waals surface area contributed by atoms with Crippen LogP contribution in [0.2, 0.25) is 0 Å². The molecular weight excluding hydrogens is 310 g/mol. The number of nitrogen functional groups attached to an aromatic ring is 1. The van der Waals surface area contributed by atoms with E-state index in [-0.39, 0.29) is 17.5 Å². The molecule has 0 saturated carbocycles. The van der Waals surface area contributed by atoms with E-state index < -0.39 is 5.56 Å². The lowest BCUT2D eigenvalue weighted by atomic mass is 10.1. The molecule has 1 aromatic heterocycles. The number of aromatic amines is 1. The quantitative estimate of drug-likeness (QED) is 0.766. The van der Waals surface area contributed by atoms with Crippen LogP contribution in [0.5, 0.6) is 0 Å². The molecule has 0 aliphatic carbocycles. The zero-order valence-corrected chi connectivity index (χ0v) is 13.3. The van der Waals surface area contributed by atoms with Gasteiger partial charge in [-0.3, -0.25) is 14.6 Å². The molecule has 8 heteroatoms. The number of H-pyrrole nitrogens is 1. The van der Waals surface area contributed by atoms with Crippen molar-refractivity contribution in [1.82, 2.24) is 9.97 Å². The van der Waals surface area contributed by atoms with Gasteiger partial charge >= 0.3 is 0 Å². The number of nitrogens with zero attached hydrogens (tertiary/aromatic N) is 2. The number of carbonyl (C=O) groups is 1. The summed E-state index contributed by atoms with van der Waals surface area (Å²) in [5.41, 5.74) is 6.78. The van der Waals surface area contributed by atoms with E-state index in [9.17, 15) is 9.59 Å². The highest BCUT2D eigenvalue weighted by Crippen LogP contribution is 2.21. The van der Waals surface area contributed by atoms with E-state index in [0.29, 0.717) is 37.7 Å². The summed E-state index contributed by atoms with van der Waals surface area (Å²) in [5.74, 6) is -0.00332. The minimum absolute atomic E-state index is 0.00910. The molecule has 8 nitrogen and oxygen atoms in total. The first-order chi connectivity index (χ1) is 11.5. The Morgan fingerprint density at radius 1 is 1.29 bits per heavy atom. The number of ether oxygens (including phenoxy) is 1. The number of morpholine rings is 1. The predicted molar refractivity (Wildman–Crippen MR) is 91.4 cm³/mol. The standard InChI is InChI=1S/C16H19N5O3/c1-10-2-4-11(5-3-10)14(22)18-12-13(19-16(17)20-15(12)23)21-6-8-24-9-7-21/h2-5H,6-9H2,1H3,(H,18,22)(H3,17,19,20,23). The van der Waals surface area contributed by atoms with Gasteiger partial charge in [-0.1, -0.05) is 17.7 Å². The molecule has 1 aromatic carbocycles. The second-order valence-corrected chi connectivity index (χ2v) is 5.57. The highest BCUT2D eigenvalue weighted by molar-refractivity contribution is 6.05. The van der Waals surface area contributed by atoms with Gasteiger partial charge in [0.1, 0.15) is 0 Å². The lowest BCUT2D eigenvalue weighted by Crippen LogP contribution is -2.39. The average molecular weight is 329 g/mol. The Kier molecular flexibility index (Phi) is 4.48. The number of nitrogens with two attached hydrogens (primary N) is 1. The lowest BCUT2D eigenvalue weighted by Gasteiger charge is -2.29. The van der Waals surface area contributed by atoms with Crippen LogP contribution >= 0.6 is 0 Å². The molecule has 0 atom stereocenters. The monoisotopic (exact) mass is 329 g/mol. The van der Waals surface area contributed by atoms with Crippen molar-refractivity contribution in [2.75, 3.05) is 42.3 Å². The van der Waals surface area contributed by atoms with E-state index >= 15 is 0 Å². The molecule has 4 N–H and O–H groups in total. The number of rotatable bonds is 3. The van der Waals surface area contributed by atoms with Gasteiger partial charge in [0.2, 0.25) is 5.95 Å². The fraction of sp³-hybridized carbons (Fsp3) is 0.312. The SMILES string of the molecule is Cc1ccc(C(=O)Nc2c(N3CCOCC3)nc(N)[nH]c2=O)cc1. The molecule has 2 aromatic rings.